The van der Waals surface area contributed by atoms with Crippen molar-refractivity contribution in [1.29, 1.82) is 0 Å². The largest absolute Gasteiger partial charge is 0.491 e. The van der Waals surface area contributed by atoms with E-state index < -0.39 is 12.2 Å². The average Bonchev–Trinajstić information content (AvgIpc) is 2.44. The van der Waals surface area contributed by atoms with Crippen LogP contribution >= 0.6 is 0 Å². The fraction of sp³-hybridized carbons (Fsp3) is 0.533. The highest BCUT2D eigenvalue weighted by Crippen LogP contribution is 2.13. The van der Waals surface area contributed by atoms with Crippen LogP contribution in [0.1, 0.15) is 19.4 Å². The summed E-state index contributed by atoms with van der Waals surface area (Å²) >= 11 is 0. The van der Waals surface area contributed by atoms with Crippen molar-refractivity contribution in [3.63, 3.8) is 0 Å². The molecule has 1 unspecified atom stereocenters. The lowest BCUT2D eigenvalue weighted by atomic mass is 10.1. The van der Waals surface area contributed by atoms with Gasteiger partial charge in [-0.15, -0.1) is 0 Å². The SMILES string of the molecule is CC(C)NCC(O)COc1ccc(CCOC(N)=O)cc1. The van der Waals surface area contributed by atoms with Crippen LogP contribution in [0, 0.1) is 0 Å². The zero-order chi connectivity index (χ0) is 15.7. The molecule has 0 spiro atoms. The van der Waals surface area contributed by atoms with Crippen LogP contribution in [0.2, 0.25) is 0 Å². The summed E-state index contributed by atoms with van der Waals surface area (Å²) in [6.45, 7) is 5.04. The number of amides is 1. The molecule has 0 aliphatic rings. The normalized spacial score (nSPS) is 12.2. The Bertz CT molecular complexity index is 420. The summed E-state index contributed by atoms with van der Waals surface area (Å²) in [5.41, 5.74) is 5.90. The number of hydrogen-bond donors (Lipinski definition) is 3. The van der Waals surface area contributed by atoms with E-state index in [4.69, 9.17) is 10.5 Å². The van der Waals surface area contributed by atoms with Crippen molar-refractivity contribution in [2.24, 2.45) is 5.73 Å². The van der Waals surface area contributed by atoms with Crippen LogP contribution in [0.5, 0.6) is 5.75 Å². The summed E-state index contributed by atoms with van der Waals surface area (Å²) in [5.74, 6) is 0.693. The second kappa shape index (κ2) is 9.20. The molecule has 1 aromatic carbocycles. The van der Waals surface area contributed by atoms with Gasteiger partial charge < -0.3 is 25.6 Å². The van der Waals surface area contributed by atoms with E-state index in [0.717, 1.165) is 5.56 Å². The standard InChI is InChI=1S/C15H24N2O4/c1-11(2)17-9-13(18)10-21-14-5-3-12(4-6-14)7-8-20-15(16)19/h3-6,11,13,17-18H,7-10H2,1-2H3,(H2,16,19). The first-order chi connectivity index (χ1) is 9.97. The molecule has 0 radical (unpaired) electrons. The van der Waals surface area contributed by atoms with Crippen molar-refractivity contribution < 1.29 is 19.4 Å². The van der Waals surface area contributed by atoms with Gasteiger partial charge in [0, 0.05) is 19.0 Å². The maximum absolute atomic E-state index is 10.4. The van der Waals surface area contributed by atoms with Gasteiger partial charge in [-0.05, 0) is 17.7 Å². The number of carbonyl (C=O) groups excluding carboxylic acids is 1. The molecule has 0 bridgehead atoms. The Balaban J connectivity index is 2.28. The molecule has 6 heteroatoms. The van der Waals surface area contributed by atoms with Crippen LogP contribution < -0.4 is 15.8 Å². The van der Waals surface area contributed by atoms with Gasteiger partial charge in [0.15, 0.2) is 0 Å². The fourth-order valence-corrected chi connectivity index (χ4v) is 1.64. The number of aliphatic hydroxyl groups is 1. The molecular formula is C15H24N2O4. The maximum Gasteiger partial charge on any atom is 0.404 e. The Morgan fingerprint density at radius 3 is 2.57 bits per heavy atom. The van der Waals surface area contributed by atoms with Gasteiger partial charge in [0.05, 0.1) is 6.61 Å². The molecule has 1 aromatic rings. The Morgan fingerprint density at radius 1 is 1.33 bits per heavy atom. The van der Waals surface area contributed by atoms with Crippen LogP contribution in [0.25, 0.3) is 0 Å². The number of carbonyl (C=O) groups is 1. The minimum absolute atomic E-state index is 0.240. The predicted molar refractivity (Wildman–Crippen MR) is 80.3 cm³/mol. The van der Waals surface area contributed by atoms with E-state index in [1.54, 1.807) is 0 Å². The smallest absolute Gasteiger partial charge is 0.404 e. The first-order valence-corrected chi connectivity index (χ1v) is 7.02. The van der Waals surface area contributed by atoms with Crippen molar-refractivity contribution in [1.82, 2.24) is 5.32 Å². The number of primary amides is 1. The molecule has 0 fully saturated rings. The molecule has 0 saturated carbocycles. The number of hydrogen-bond acceptors (Lipinski definition) is 5. The topological polar surface area (TPSA) is 93.8 Å². The van der Waals surface area contributed by atoms with E-state index >= 15 is 0 Å². The predicted octanol–water partition coefficient (Wildman–Crippen LogP) is 1.06. The summed E-state index contributed by atoms with van der Waals surface area (Å²) < 4.78 is 10.2. The van der Waals surface area contributed by atoms with Crippen molar-refractivity contribution in [3.8, 4) is 5.75 Å². The third kappa shape index (κ3) is 8.16. The molecule has 0 saturated heterocycles. The Morgan fingerprint density at radius 2 is 2.00 bits per heavy atom. The Kier molecular flexibility index (Phi) is 7.56. The first-order valence-electron chi connectivity index (χ1n) is 7.02. The minimum Gasteiger partial charge on any atom is -0.491 e. The van der Waals surface area contributed by atoms with Crippen LogP contribution in [0.4, 0.5) is 4.79 Å². The first kappa shape index (κ1) is 17.3. The molecule has 21 heavy (non-hydrogen) atoms. The average molecular weight is 296 g/mol. The van der Waals surface area contributed by atoms with Gasteiger partial charge in [-0.25, -0.2) is 4.79 Å². The number of nitrogens with two attached hydrogens (primary N) is 1. The van der Waals surface area contributed by atoms with Crippen LogP contribution in [0.3, 0.4) is 0 Å². The van der Waals surface area contributed by atoms with Gasteiger partial charge in [-0.3, -0.25) is 0 Å². The monoisotopic (exact) mass is 296 g/mol. The molecule has 4 N–H and O–H groups in total. The highest BCUT2D eigenvalue weighted by atomic mass is 16.5. The number of aliphatic hydroxyl groups excluding tert-OH is 1. The summed E-state index contributed by atoms with van der Waals surface area (Å²) in [6, 6.07) is 7.75. The lowest BCUT2D eigenvalue weighted by Gasteiger charge is -2.15. The van der Waals surface area contributed by atoms with Crippen LogP contribution in [0.15, 0.2) is 24.3 Å². The summed E-state index contributed by atoms with van der Waals surface area (Å²) in [4.78, 5) is 10.4. The minimum atomic E-state index is -0.765. The summed E-state index contributed by atoms with van der Waals surface area (Å²) in [6.07, 6.45) is -0.709. The lowest BCUT2D eigenvalue weighted by molar-refractivity contribution is 0.104. The van der Waals surface area contributed by atoms with Gasteiger partial charge in [0.1, 0.15) is 18.5 Å². The molecule has 1 atom stereocenters. The van der Waals surface area contributed by atoms with Gasteiger partial charge in [-0.2, -0.15) is 0 Å². The van der Waals surface area contributed by atoms with E-state index in [2.05, 4.69) is 10.1 Å². The number of rotatable bonds is 9. The molecular weight excluding hydrogens is 272 g/mol. The van der Waals surface area contributed by atoms with E-state index in [1.807, 2.05) is 38.1 Å². The molecule has 1 rings (SSSR count). The number of nitrogens with one attached hydrogen (secondary N) is 1. The second-order valence-corrected chi connectivity index (χ2v) is 5.09. The van der Waals surface area contributed by atoms with Crippen molar-refractivity contribution in [3.05, 3.63) is 29.8 Å². The molecule has 0 aromatic heterocycles. The van der Waals surface area contributed by atoms with Crippen molar-refractivity contribution in [2.45, 2.75) is 32.4 Å². The molecule has 0 aliphatic heterocycles. The van der Waals surface area contributed by atoms with Crippen molar-refractivity contribution in [2.75, 3.05) is 19.8 Å². The van der Waals surface area contributed by atoms with E-state index in [-0.39, 0.29) is 13.2 Å². The van der Waals surface area contributed by atoms with Crippen LogP contribution in [-0.4, -0.2) is 43.1 Å². The molecule has 118 valence electrons. The molecule has 1 amide bonds. The zero-order valence-electron chi connectivity index (χ0n) is 12.5. The van der Waals surface area contributed by atoms with E-state index in [9.17, 15) is 9.90 Å². The van der Waals surface area contributed by atoms with Gasteiger partial charge in [0.2, 0.25) is 0 Å². The third-order valence-electron chi connectivity index (χ3n) is 2.76. The van der Waals surface area contributed by atoms with Crippen LogP contribution in [-0.2, 0) is 11.2 Å². The Labute approximate surface area is 125 Å². The Hall–Kier alpha value is -1.79. The van der Waals surface area contributed by atoms with Gasteiger partial charge in [-0.1, -0.05) is 26.0 Å². The maximum atomic E-state index is 10.4. The number of benzene rings is 1. The summed E-state index contributed by atoms with van der Waals surface area (Å²) in [7, 11) is 0. The summed E-state index contributed by atoms with van der Waals surface area (Å²) in [5, 5.41) is 12.9. The molecule has 0 aliphatic carbocycles. The van der Waals surface area contributed by atoms with E-state index in [0.29, 0.717) is 24.8 Å². The van der Waals surface area contributed by atoms with Gasteiger partial charge >= 0.3 is 6.09 Å². The number of ether oxygens (including phenoxy) is 2. The highest BCUT2D eigenvalue weighted by Gasteiger charge is 2.06. The third-order valence-corrected chi connectivity index (χ3v) is 2.76. The fourth-order valence-electron chi connectivity index (χ4n) is 1.64. The highest BCUT2D eigenvalue weighted by molar-refractivity contribution is 5.64. The lowest BCUT2D eigenvalue weighted by Crippen LogP contribution is -2.35. The van der Waals surface area contributed by atoms with E-state index in [1.165, 1.54) is 0 Å². The molecule has 6 nitrogen and oxygen atoms in total. The molecule has 0 heterocycles. The van der Waals surface area contributed by atoms with Crippen molar-refractivity contribution >= 4 is 6.09 Å². The zero-order valence-corrected chi connectivity index (χ0v) is 12.5. The van der Waals surface area contributed by atoms with Gasteiger partial charge in [0.25, 0.3) is 0 Å². The second-order valence-electron chi connectivity index (χ2n) is 5.09. The quantitative estimate of drug-likeness (QED) is 0.633.